The number of hydrogen-bond acceptors (Lipinski definition) is 3. The largest absolute Gasteiger partial charge is 0.444 e. The van der Waals surface area contributed by atoms with Gasteiger partial charge in [0.15, 0.2) is 0 Å². The molecule has 3 aromatic rings. The third-order valence-electron chi connectivity index (χ3n) is 4.59. The first-order chi connectivity index (χ1) is 12.2. The van der Waals surface area contributed by atoms with E-state index in [1.807, 2.05) is 6.07 Å². The van der Waals surface area contributed by atoms with Crippen molar-refractivity contribution in [3.05, 3.63) is 77.7 Å². The summed E-state index contributed by atoms with van der Waals surface area (Å²) in [4.78, 5) is 6.76. The van der Waals surface area contributed by atoms with Gasteiger partial charge in [-0.05, 0) is 55.3 Å². The minimum absolute atomic E-state index is 0.185. The van der Waals surface area contributed by atoms with Crippen molar-refractivity contribution in [3.63, 3.8) is 0 Å². The van der Waals surface area contributed by atoms with Gasteiger partial charge in [-0.25, -0.2) is 13.8 Å². The predicted octanol–water partition coefficient (Wildman–Crippen LogP) is 4.96. The van der Waals surface area contributed by atoms with Gasteiger partial charge in [0.2, 0.25) is 5.89 Å². The minimum Gasteiger partial charge on any atom is -0.444 e. The molecule has 128 valence electrons. The average Bonchev–Trinajstić information content (AvgIpc) is 3.25. The van der Waals surface area contributed by atoms with E-state index in [0.29, 0.717) is 18.0 Å². The lowest BCUT2D eigenvalue weighted by Crippen LogP contribution is -2.23. The lowest BCUT2D eigenvalue weighted by atomic mass is 10.0. The monoisotopic (exact) mass is 340 g/mol. The molecule has 1 aromatic heterocycles. The third kappa shape index (κ3) is 3.46. The summed E-state index contributed by atoms with van der Waals surface area (Å²) < 4.78 is 32.4. The normalized spacial score (nSPS) is 17.9. The number of benzene rings is 2. The van der Waals surface area contributed by atoms with E-state index in [2.05, 4.69) is 9.88 Å². The average molecular weight is 340 g/mol. The van der Waals surface area contributed by atoms with Crippen LogP contribution in [0.5, 0.6) is 0 Å². The van der Waals surface area contributed by atoms with Gasteiger partial charge in [-0.15, -0.1) is 0 Å². The lowest BCUT2D eigenvalue weighted by Gasteiger charge is -2.23. The topological polar surface area (TPSA) is 29.3 Å². The molecule has 25 heavy (non-hydrogen) atoms. The Morgan fingerprint density at radius 2 is 1.88 bits per heavy atom. The Bertz CT molecular complexity index is 877. The lowest BCUT2D eigenvalue weighted by molar-refractivity contribution is 0.245. The van der Waals surface area contributed by atoms with E-state index in [4.69, 9.17) is 4.42 Å². The molecule has 2 heterocycles. The Labute approximate surface area is 144 Å². The molecule has 1 atom stereocenters. The van der Waals surface area contributed by atoms with Gasteiger partial charge >= 0.3 is 0 Å². The van der Waals surface area contributed by atoms with Crippen molar-refractivity contribution in [2.75, 3.05) is 6.54 Å². The maximum atomic E-state index is 13.5. The van der Waals surface area contributed by atoms with Gasteiger partial charge in [-0.2, -0.15) is 0 Å². The Hall–Kier alpha value is -2.53. The summed E-state index contributed by atoms with van der Waals surface area (Å²) in [6.07, 6.45) is 3.68. The van der Waals surface area contributed by atoms with Gasteiger partial charge in [0.1, 0.15) is 17.9 Å². The van der Waals surface area contributed by atoms with E-state index in [-0.39, 0.29) is 17.7 Å². The number of rotatable bonds is 4. The molecule has 0 aliphatic carbocycles. The summed E-state index contributed by atoms with van der Waals surface area (Å²) in [6.45, 7) is 1.56. The number of hydrogen-bond donors (Lipinski definition) is 0. The van der Waals surface area contributed by atoms with Crippen LogP contribution in [0.2, 0.25) is 0 Å². The predicted molar refractivity (Wildman–Crippen MR) is 90.7 cm³/mol. The van der Waals surface area contributed by atoms with Crippen LogP contribution in [-0.4, -0.2) is 16.4 Å². The summed E-state index contributed by atoms with van der Waals surface area (Å²) in [5.41, 5.74) is 2.41. The van der Waals surface area contributed by atoms with E-state index >= 15 is 0 Å². The van der Waals surface area contributed by atoms with Crippen LogP contribution in [-0.2, 0) is 6.54 Å². The summed E-state index contributed by atoms with van der Waals surface area (Å²) in [5, 5.41) is 0. The third-order valence-corrected chi connectivity index (χ3v) is 4.59. The van der Waals surface area contributed by atoms with Crippen molar-refractivity contribution in [2.24, 2.45) is 0 Å². The van der Waals surface area contributed by atoms with Crippen LogP contribution in [0.25, 0.3) is 11.5 Å². The van der Waals surface area contributed by atoms with Gasteiger partial charge in [0.25, 0.3) is 0 Å². The molecule has 0 spiro atoms. The van der Waals surface area contributed by atoms with Gasteiger partial charge in [0, 0.05) is 18.2 Å². The summed E-state index contributed by atoms with van der Waals surface area (Å²) >= 11 is 0. The molecule has 0 N–H and O–H groups in total. The molecule has 0 saturated carbocycles. The van der Waals surface area contributed by atoms with E-state index in [1.165, 1.54) is 18.2 Å². The fourth-order valence-corrected chi connectivity index (χ4v) is 3.45. The molecule has 0 amide bonds. The molecule has 0 bridgehead atoms. The van der Waals surface area contributed by atoms with Gasteiger partial charge in [-0.3, -0.25) is 4.90 Å². The van der Waals surface area contributed by atoms with Crippen molar-refractivity contribution in [2.45, 2.75) is 25.4 Å². The van der Waals surface area contributed by atoms with Crippen LogP contribution in [0, 0.1) is 11.6 Å². The Morgan fingerprint density at radius 1 is 1.08 bits per heavy atom. The van der Waals surface area contributed by atoms with Crippen molar-refractivity contribution in [3.8, 4) is 11.5 Å². The van der Waals surface area contributed by atoms with Crippen LogP contribution >= 0.6 is 0 Å². The zero-order chi connectivity index (χ0) is 17.2. The first-order valence-corrected chi connectivity index (χ1v) is 8.39. The molecule has 1 aliphatic rings. The second kappa shape index (κ2) is 6.76. The summed E-state index contributed by atoms with van der Waals surface area (Å²) in [7, 11) is 0. The molecule has 0 radical (unpaired) electrons. The molecule has 5 heteroatoms. The number of aromatic nitrogens is 1. The molecule has 3 nitrogen and oxygen atoms in total. The van der Waals surface area contributed by atoms with E-state index in [0.717, 1.165) is 30.6 Å². The maximum absolute atomic E-state index is 13.5. The molecule has 1 saturated heterocycles. The number of likely N-dealkylation sites (tertiary alicyclic amines) is 1. The fraction of sp³-hybridized carbons (Fsp3) is 0.250. The van der Waals surface area contributed by atoms with Crippen molar-refractivity contribution in [1.82, 2.24) is 9.88 Å². The van der Waals surface area contributed by atoms with E-state index in [1.54, 1.807) is 30.5 Å². The SMILES string of the molecule is Fc1cccc(-c2nc(CN3CCC[C@H]3c3cccc(F)c3)co2)c1. The summed E-state index contributed by atoms with van der Waals surface area (Å²) in [5.74, 6) is -0.113. The standard InChI is InChI=1S/C20H18F2N2O/c21-16-6-1-4-14(10-16)19-8-3-9-24(19)12-18-13-25-20(23-18)15-5-2-7-17(22)11-15/h1-2,4-7,10-11,13,19H,3,8-9,12H2/t19-/m0/s1. The minimum atomic E-state index is -0.317. The van der Waals surface area contributed by atoms with Crippen molar-refractivity contribution >= 4 is 0 Å². The quantitative estimate of drug-likeness (QED) is 0.672. The highest BCUT2D eigenvalue weighted by Gasteiger charge is 2.27. The van der Waals surface area contributed by atoms with Crippen LogP contribution in [0.3, 0.4) is 0 Å². The van der Waals surface area contributed by atoms with Gasteiger partial charge in [-0.1, -0.05) is 18.2 Å². The van der Waals surface area contributed by atoms with Crippen LogP contribution < -0.4 is 0 Å². The van der Waals surface area contributed by atoms with Crippen LogP contribution in [0.1, 0.15) is 30.1 Å². The highest BCUT2D eigenvalue weighted by molar-refractivity contribution is 5.52. The van der Waals surface area contributed by atoms with Crippen molar-refractivity contribution < 1.29 is 13.2 Å². The Morgan fingerprint density at radius 3 is 2.68 bits per heavy atom. The highest BCUT2D eigenvalue weighted by atomic mass is 19.1. The highest BCUT2D eigenvalue weighted by Crippen LogP contribution is 2.33. The molecular weight excluding hydrogens is 322 g/mol. The Kier molecular flexibility index (Phi) is 4.32. The summed E-state index contributed by atoms with van der Waals surface area (Å²) in [6, 6.07) is 13.2. The molecular formula is C20H18F2N2O. The smallest absolute Gasteiger partial charge is 0.226 e. The molecule has 0 unspecified atom stereocenters. The zero-order valence-electron chi connectivity index (χ0n) is 13.7. The second-order valence-corrected chi connectivity index (χ2v) is 6.34. The maximum Gasteiger partial charge on any atom is 0.226 e. The van der Waals surface area contributed by atoms with Gasteiger partial charge < -0.3 is 4.42 Å². The fourth-order valence-electron chi connectivity index (χ4n) is 3.45. The number of oxazole rings is 1. The Balaban J connectivity index is 1.52. The number of halogens is 2. The number of nitrogens with zero attached hydrogens (tertiary/aromatic N) is 2. The van der Waals surface area contributed by atoms with E-state index < -0.39 is 0 Å². The zero-order valence-corrected chi connectivity index (χ0v) is 13.7. The molecule has 1 fully saturated rings. The van der Waals surface area contributed by atoms with Gasteiger partial charge in [0.05, 0.1) is 5.69 Å². The van der Waals surface area contributed by atoms with Crippen LogP contribution in [0.4, 0.5) is 8.78 Å². The molecule has 2 aromatic carbocycles. The van der Waals surface area contributed by atoms with Crippen LogP contribution in [0.15, 0.2) is 59.2 Å². The second-order valence-electron chi connectivity index (χ2n) is 6.34. The first-order valence-electron chi connectivity index (χ1n) is 8.39. The first kappa shape index (κ1) is 16.0. The molecule has 1 aliphatic heterocycles. The molecule has 4 rings (SSSR count). The van der Waals surface area contributed by atoms with Crippen molar-refractivity contribution in [1.29, 1.82) is 0 Å². The van der Waals surface area contributed by atoms with E-state index in [9.17, 15) is 8.78 Å².